The number of hydrogen-bond acceptors (Lipinski definition) is 8. The van der Waals surface area contributed by atoms with Crippen LogP contribution in [0.25, 0.3) is 22.4 Å². The Morgan fingerprint density at radius 3 is 2.51 bits per heavy atom. The molecule has 13 heteroatoms. The number of halogens is 3. The Bertz CT molecular complexity index is 1700. The van der Waals surface area contributed by atoms with Gasteiger partial charge in [-0.15, -0.1) is 6.58 Å². The topological polar surface area (TPSA) is 142 Å². The summed E-state index contributed by atoms with van der Waals surface area (Å²) < 4.78 is 43.1. The molecule has 0 bridgehead atoms. The summed E-state index contributed by atoms with van der Waals surface area (Å²) >= 11 is 6.29. The van der Waals surface area contributed by atoms with Crippen LogP contribution in [0.3, 0.4) is 0 Å². The maximum atomic E-state index is 15.3. The third-order valence-electron chi connectivity index (χ3n) is 7.93. The van der Waals surface area contributed by atoms with Crippen molar-refractivity contribution < 1.29 is 23.0 Å². The highest BCUT2D eigenvalue weighted by Gasteiger charge is 2.41. The molecule has 0 radical (unpaired) electrons. The van der Waals surface area contributed by atoms with E-state index in [1.165, 1.54) is 32.5 Å². The first-order valence-corrected chi connectivity index (χ1v) is 14.0. The molecule has 1 saturated carbocycles. The Morgan fingerprint density at radius 2 is 1.91 bits per heavy atom. The van der Waals surface area contributed by atoms with Crippen LogP contribution >= 0.6 is 11.6 Å². The van der Waals surface area contributed by atoms with Crippen molar-refractivity contribution in [2.45, 2.75) is 44.8 Å². The lowest BCUT2D eigenvalue weighted by atomic mass is 9.82. The number of primary amides is 1. The van der Waals surface area contributed by atoms with Crippen LogP contribution in [0.1, 0.15) is 49.8 Å². The van der Waals surface area contributed by atoms with Gasteiger partial charge in [0, 0.05) is 31.6 Å². The third-order valence-corrected chi connectivity index (χ3v) is 8.13. The summed E-state index contributed by atoms with van der Waals surface area (Å²) in [6.45, 7) is 5.88. The molecule has 1 fully saturated rings. The number of hydrogen-bond donors (Lipinski definition) is 2. The largest absolute Gasteiger partial charge is 0.411 e. The molecule has 1 unspecified atom stereocenters. The van der Waals surface area contributed by atoms with Crippen molar-refractivity contribution in [2.75, 3.05) is 7.11 Å². The standard InChI is InChI=1S/C30H30ClF2N7O3/c1-4-16-8-10-17(11-9-16)15-40-24-23(18-12-19(31)14-36-13-18)37-27(25(34)43-29(35)41)38-26(24)39-28(40)30(2,42-3)22-20(32)6-5-7-21(22)33/h4-7,12-14,16-17,34H,1,8-11,15H2,2-3H3,(H2,35,41). The fourth-order valence-electron chi connectivity index (χ4n) is 5.69. The second-order valence-corrected chi connectivity index (χ2v) is 11.0. The van der Waals surface area contributed by atoms with E-state index in [1.54, 1.807) is 6.07 Å². The molecule has 1 amide bonds. The molecule has 5 rings (SSSR count). The minimum absolute atomic E-state index is 0.0765. The summed E-state index contributed by atoms with van der Waals surface area (Å²) in [6.07, 6.45) is 7.40. The van der Waals surface area contributed by atoms with Crippen LogP contribution in [-0.2, 0) is 21.6 Å². The van der Waals surface area contributed by atoms with Crippen molar-refractivity contribution >= 4 is 34.8 Å². The van der Waals surface area contributed by atoms with E-state index in [9.17, 15) is 4.79 Å². The van der Waals surface area contributed by atoms with Gasteiger partial charge in [0.25, 0.3) is 5.90 Å². The zero-order valence-corrected chi connectivity index (χ0v) is 24.4. The van der Waals surface area contributed by atoms with E-state index in [0.717, 1.165) is 37.8 Å². The lowest BCUT2D eigenvalue weighted by Gasteiger charge is -2.32. The molecule has 1 aromatic carbocycles. The average Bonchev–Trinajstić information content (AvgIpc) is 3.35. The molecule has 0 spiro atoms. The van der Waals surface area contributed by atoms with Gasteiger partial charge < -0.3 is 19.8 Å². The minimum Gasteiger partial charge on any atom is -0.388 e. The first kappa shape index (κ1) is 30.2. The lowest BCUT2D eigenvalue weighted by Crippen LogP contribution is -2.33. The number of carbonyl (C=O) groups is 1. The molecule has 3 N–H and O–H groups in total. The zero-order chi connectivity index (χ0) is 30.9. The summed E-state index contributed by atoms with van der Waals surface area (Å²) in [6, 6.07) is 5.21. The number of pyridine rings is 1. The predicted octanol–water partition coefficient (Wildman–Crippen LogP) is 6.14. The smallest absolute Gasteiger partial charge is 0.388 e. The summed E-state index contributed by atoms with van der Waals surface area (Å²) in [5, 5.41) is 8.55. The molecule has 224 valence electrons. The van der Waals surface area contributed by atoms with Crippen LogP contribution in [0.5, 0.6) is 0 Å². The second kappa shape index (κ2) is 12.1. The van der Waals surface area contributed by atoms with Gasteiger partial charge >= 0.3 is 6.09 Å². The summed E-state index contributed by atoms with van der Waals surface area (Å²) in [4.78, 5) is 29.3. The van der Waals surface area contributed by atoms with Crippen LogP contribution in [0.4, 0.5) is 13.6 Å². The Hall–Kier alpha value is -4.29. The van der Waals surface area contributed by atoms with Crippen LogP contribution in [0.2, 0.25) is 5.02 Å². The monoisotopic (exact) mass is 609 g/mol. The number of carbonyl (C=O) groups excluding carboxylic acids is 1. The molecule has 1 aliphatic rings. The second-order valence-electron chi connectivity index (χ2n) is 10.6. The number of methoxy groups -OCH3 is 1. The number of aromatic nitrogens is 5. The van der Waals surface area contributed by atoms with E-state index in [1.807, 2.05) is 10.6 Å². The maximum Gasteiger partial charge on any atom is 0.411 e. The molecule has 1 atom stereocenters. The first-order chi connectivity index (χ1) is 20.5. The number of benzene rings is 1. The molecule has 1 aliphatic carbocycles. The molecule has 3 aromatic heterocycles. The number of nitrogens with two attached hydrogens (primary N) is 1. The fourth-order valence-corrected chi connectivity index (χ4v) is 5.87. The molecule has 3 heterocycles. The SMILES string of the molecule is C=CC1CCC(Cn2c(C(C)(OC)c3c(F)cccc3F)nc3nc(C(=N)OC(N)=O)nc(-c4cncc(Cl)c4)c32)CC1. The number of ether oxygens (including phenoxy) is 2. The van der Waals surface area contributed by atoms with Crippen molar-refractivity contribution in [2.24, 2.45) is 17.6 Å². The quantitative estimate of drug-likeness (QED) is 0.139. The summed E-state index contributed by atoms with van der Waals surface area (Å²) in [7, 11) is 1.35. The Morgan fingerprint density at radius 1 is 1.21 bits per heavy atom. The molecule has 0 saturated heterocycles. The van der Waals surface area contributed by atoms with E-state index in [0.29, 0.717) is 28.6 Å². The van der Waals surface area contributed by atoms with E-state index in [4.69, 9.17) is 37.2 Å². The van der Waals surface area contributed by atoms with Gasteiger partial charge in [0.2, 0.25) is 5.82 Å². The van der Waals surface area contributed by atoms with E-state index < -0.39 is 29.2 Å². The lowest BCUT2D eigenvalue weighted by molar-refractivity contribution is 0.0217. The number of nitrogens with zero attached hydrogens (tertiary/aromatic N) is 5. The van der Waals surface area contributed by atoms with Crippen molar-refractivity contribution in [1.82, 2.24) is 24.5 Å². The van der Waals surface area contributed by atoms with Gasteiger partial charge in [-0.25, -0.2) is 28.5 Å². The summed E-state index contributed by atoms with van der Waals surface area (Å²) in [5.74, 6) is -1.85. The average molecular weight is 610 g/mol. The zero-order valence-electron chi connectivity index (χ0n) is 23.6. The van der Waals surface area contributed by atoms with Gasteiger partial charge in [0.15, 0.2) is 11.2 Å². The normalized spacial score (nSPS) is 18.3. The highest BCUT2D eigenvalue weighted by molar-refractivity contribution is 6.30. The fraction of sp³-hybridized carbons (Fsp3) is 0.333. The Labute approximate surface area is 251 Å². The number of amides is 1. The predicted molar refractivity (Wildman–Crippen MR) is 157 cm³/mol. The number of rotatable bonds is 8. The van der Waals surface area contributed by atoms with Gasteiger partial charge in [0.1, 0.15) is 28.7 Å². The Kier molecular flexibility index (Phi) is 8.52. The number of imidazole rings is 1. The van der Waals surface area contributed by atoms with Crippen molar-refractivity contribution in [3.05, 3.63) is 83.2 Å². The summed E-state index contributed by atoms with van der Waals surface area (Å²) in [5.41, 5.74) is 4.29. The maximum absolute atomic E-state index is 15.3. The van der Waals surface area contributed by atoms with Crippen molar-refractivity contribution in [3.8, 4) is 11.3 Å². The first-order valence-electron chi connectivity index (χ1n) is 13.6. The molecule has 10 nitrogen and oxygen atoms in total. The van der Waals surface area contributed by atoms with Gasteiger partial charge in [-0.2, -0.15) is 0 Å². The van der Waals surface area contributed by atoms with E-state index >= 15 is 8.78 Å². The molecular weight excluding hydrogens is 580 g/mol. The molecule has 43 heavy (non-hydrogen) atoms. The number of fused-ring (bicyclic) bond motifs is 1. The Balaban J connectivity index is 1.82. The van der Waals surface area contributed by atoms with Gasteiger partial charge in [0.05, 0.1) is 10.6 Å². The van der Waals surface area contributed by atoms with Crippen molar-refractivity contribution in [3.63, 3.8) is 0 Å². The molecular formula is C30H30ClF2N7O3. The van der Waals surface area contributed by atoms with Gasteiger partial charge in [-0.3, -0.25) is 10.4 Å². The highest BCUT2D eigenvalue weighted by Crippen LogP contribution is 2.40. The van der Waals surface area contributed by atoms with Crippen LogP contribution in [0, 0.1) is 28.9 Å². The minimum atomic E-state index is -1.71. The van der Waals surface area contributed by atoms with Gasteiger partial charge in [-0.05, 0) is 62.6 Å². The van der Waals surface area contributed by atoms with Crippen LogP contribution in [0.15, 0.2) is 49.3 Å². The molecule has 4 aromatic rings. The number of nitrogens with one attached hydrogen (secondary N) is 1. The third kappa shape index (κ3) is 5.84. The van der Waals surface area contributed by atoms with Crippen molar-refractivity contribution in [1.29, 1.82) is 5.41 Å². The van der Waals surface area contributed by atoms with E-state index in [2.05, 4.69) is 21.5 Å². The van der Waals surface area contributed by atoms with Crippen LogP contribution < -0.4 is 5.73 Å². The molecule has 0 aliphatic heterocycles. The van der Waals surface area contributed by atoms with Crippen LogP contribution in [-0.4, -0.2) is 43.6 Å². The van der Waals surface area contributed by atoms with Gasteiger partial charge in [-0.1, -0.05) is 23.7 Å². The highest BCUT2D eigenvalue weighted by atomic mass is 35.5. The van der Waals surface area contributed by atoms with E-state index in [-0.39, 0.29) is 34.5 Å². The number of allylic oxidation sites excluding steroid dienone is 1.